The second-order valence-corrected chi connectivity index (χ2v) is 2.91. The average molecular weight is 626 g/mol. The second kappa shape index (κ2) is 9.33. The van der Waals surface area contributed by atoms with Crippen molar-refractivity contribution in [2.45, 2.75) is 0 Å². The van der Waals surface area contributed by atoms with Crippen LogP contribution in [-0.2, 0) is 31.6 Å². The standard InChI is InChI=1S/Cr.H2O4S.4O.2Pb/c;1-5(2,3)4;;;;;;/h;(H2,1,2,3,4);;;;;;/q;;;;2*-1;2*+2/p-2. The average Bonchev–Trinajstić information content (AvgIpc) is 1.12. The van der Waals surface area contributed by atoms with Crippen molar-refractivity contribution >= 4 is 65.0 Å². The maximum atomic E-state index is 8.59. The van der Waals surface area contributed by atoms with Gasteiger partial charge < -0.3 is 9.11 Å². The van der Waals surface area contributed by atoms with E-state index < -0.39 is 24.0 Å². The zero-order valence-electron chi connectivity index (χ0n) is 5.08. The molecule has 68 valence electrons. The molecule has 4 radical (unpaired) electrons. The van der Waals surface area contributed by atoms with E-state index in [0.29, 0.717) is 0 Å². The van der Waals surface area contributed by atoms with Crippen molar-refractivity contribution < 1.29 is 47.1 Å². The number of rotatable bonds is 0. The van der Waals surface area contributed by atoms with E-state index in [1.54, 1.807) is 0 Å². The van der Waals surface area contributed by atoms with Crippen molar-refractivity contribution in [1.29, 1.82) is 0 Å². The monoisotopic (exact) mass is 628 g/mol. The van der Waals surface area contributed by atoms with E-state index in [0.717, 1.165) is 0 Å². The van der Waals surface area contributed by atoms with Crippen molar-refractivity contribution in [1.82, 2.24) is 0 Å². The molecule has 12 heavy (non-hydrogen) atoms. The van der Waals surface area contributed by atoms with Gasteiger partial charge in [-0.25, -0.2) is 0 Å². The molecule has 12 heteroatoms. The zero-order valence-corrected chi connectivity index (χ0v) is 14.9. The van der Waals surface area contributed by atoms with Gasteiger partial charge in [0.15, 0.2) is 0 Å². The number of hydrogen-bond acceptors (Lipinski definition) is 8. The summed E-state index contributed by atoms with van der Waals surface area (Å²) in [5, 5.41) is 0. The van der Waals surface area contributed by atoms with Gasteiger partial charge in [-0.1, -0.05) is 0 Å². The molecule has 0 aromatic carbocycles. The summed E-state index contributed by atoms with van der Waals surface area (Å²) in [6, 6.07) is 0. The first-order chi connectivity index (χ1) is 4.00. The summed E-state index contributed by atoms with van der Waals surface area (Å²) >= 11 is -5.75. The number of hydrogen-bond donors (Lipinski definition) is 0. The maximum Gasteiger partial charge on any atom is 2.00 e. The van der Waals surface area contributed by atoms with Crippen molar-refractivity contribution in [3.8, 4) is 0 Å². The van der Waals surface area contributed by atoms with Crippen LogP contribution in [0.5, 0.6) is 0 Å². The summed E-state index contributed by atoms with van der Waals surface area (Å²) in [4.78, 5) is 0. The summed E-state index contributed by atoms with van der Waals surface area (Å²) in [7, 11) is -5.17. The Bertz CT molecular complexity index is 213. The third-order valence-electron chi connectivity index (χ3n) is 0. The molecule has 0 saturated heterocycles. The minimum Gasteiger partial charge on any atom is 2.00 e. The van der Waals surface area contributed by atoms with Gasteiger partial charge in [-0.3, -0.25) is 8.42 Å². The molecular formula is CrO8Pb2S. The Morgan fingerprint density at radius 3 is 0.917 bits per heavy atom. The molecule has 0 aromatic heterocycles. The molecule has 0 fully saturated rings. The van der Waals surface area contributed by atoms with E-state index in [1.807, 2.05) is 0 Å². The molecule has 0 rings (SSSR count). The summed E-state index contributed by atoms with van der Waals surface area (Å²) in [6.07, 6.45) is 0. The first-order valence-electron chi connectivity index (χ1n) is 1.33. The Morgan fingerprint density at radius 1 is 0.917 bits per heavy atom. The molecule has 0 aliphatic rings. The van der Waals surface area contributed by atoms with E-state index in [4.69, 9.17) is 33.4 Å². The van der Waals surface area contributed by atoms with Crippen LogP contribution in [0.4, 0.5) is 0 Å². The molecule has 0 atom stereocenters. The van der Waals surface area contributed by atoms with Gasteiger partial charge in [0.1, 0.15) is 0 Å². The van der Waals surface area contributed by atoms with Gasteiger partial charge in [0.25, 0.3) is 0 Å². The normalized spacial score (nSPS) is 9.67. The summed E-state index contributed by atoms with van der Waals surface area (Å²) in [6.45, 7) is 0. The summed E-state index contributed by atoms with van der Waals surface area (Å²) in [5.74, 6) is 0. The Balaban J connectivity index is -0.0000000457. The molecule has 0 unspecified atom stereocenters. The van der Waals surface area contributed by atoms with Crippen molar-refractivity contribution in [3.63, 3.8) is 0 Å². The predicted molar refractivity (Wildman–Crippen MR) is 23.4 cm³/mol. The first kappa shape index (κ1) is 23.5. The smallest absolute Gasteiger partial charge is 2.00 e. The molecule has 0 saturated carbocycles. The Hall–Kier alpha value is 1.77. The molecular weight excluding hydrogens is 626 g/mol. The minimum atomic E-state index is -5.75. The quantitative estimate of drug-likeness (QED) is 0.147. The summed E-state index contributed by atoms with van der Waals surface area (Å²) < 4.78 is 68.5. The third kappa shape index (κ3) is 437. The first-order valence-corrected chi connectivity index (χ1v) is 4.75. The maximum absolute atomic E-state index is 8.59. The zero-order chi connectivity index (χ0) is 9.00. The van der Waals surface area contributed by atoms with Crippen LogP contribution in [-0.4, -0.2) is 72.1 Å². The molecule has 0 aliphatic carbocycles. The fraction of sp³-hybridized carbons (Fsp3) is 0. The Morgan fingerprint density at radius 2 is 0.917 bits per heavy atom. The second-order valence-electron chi connectivity index (χ2n) is 0.816. The van der Waals surface area contributed by atoms with E-state index in [1.165, 1.54) is 0 Å². The van der Waals surface area contributed by atoms with Gasteiger partial charge in [0, 0.05) is 10.4 Å². The molecule has 0 heterocycles. The fourth-order valence-electron chi connectivity index (χ4n) is 0. The Labute approximate surface area is 111 Å². The van der Waals surface area contributed by atoms with Crippen LogP contribution < -0.4 is 8.32 Å². The van der Waals surface area contributed by atoms with Crippen LogP contribution in [0.2, 0.25) is 0 Å². The molecule has 8 nitrogen and oxygen atoms in total. The molecule has 0 aliphatic heterocycles. The van der Waals surface area contributed by atoms with Gasteiger partial charge in [-0.05, 0) is 0 Å². The fourth-order valence-corrected chi connectivity index (χ4v) is 0. The SMILES string of the molecule is O=S(=O)([O-])[O-].[O]=[Cr](=[O])([O-])[O-].[Pb+2].[Pb+2]. The van der Waals surface area contributed by atoms with Crippen molar-refractivity contribution in [2.24, 2.45) is 0 Å². The molecule has 0 spiro atoms. The third-order valence-corrected chi connectivity index (χ3v) is 0. The van der Waals surface area contributed by atoms with Crippen LogP contribution in [0.25, 0.3) is 0 Å². The van der Waals surface area contributed by atoms with E-state index in [-0.39, 0.29) is 54.6 Å². The van der Waals surface area contributed by atoms with E-state index in [2.05, 4.69) is 0 Å². The van der Waals surface area contributed by atoms with Crippen molar-refractivity contribution in [2.75, 3.05) is 0 Å². The van der Waals surface area contributed by atoms with Crippen LogP contribution in [0.3, 0.4) is 0 Å². The minimum absolute atomic E-state index is 0. The molecule has 0 N–H and O–H groups in total. The van der Waals surface area contributed by atoms with Crippen LogP contribution >= 0.6 is 0 Å². The van der Waals surface area contributed by atoms with Gasteiger partial charge in [0.05, 0.1) is 0 Å². The van der Waals surface area contributed by atoms with Crippen LogP contribution in [0.15, 0.2) is 0 Å². The van der Waals surface area contributed by atoms with E-state index in [9.17, 15) is 0 Å². The Kier molecular flexibility index (Phi) is 18.3. The van der Waals surface area contributed by atoms with Gasteiger partial charge in [-0.15, -0.1) is 0 Å². The van der Waals surface area contributed by atoms with Gasteiger partial charge >= 0.3 is 84.1 Å². The molecule has 0 bridgehead atoms. The van der Waals surface area contributed by atoms with Crippen molar-refractivity contribution in [3.05, 3.63) is 0 Å². The summed E-state index contributed by atoms with van der Waals surface area (Å²) in [5.41, 5.74) is 0. The predicted octanol–water partition coefficient (Wildman–Crippen LogP) is -4.72. The van der Waals surface area contributed by atoms with Gasteiger partial charge in [0.2, 0.25) is 0 Å². The van der Waals surface area contributed by atoms with Crippen LogP contribution in [0, 0.1) is 0 Å². The molecule has 0 aromatic rings. The van der Waals surface area contributed by atoms with E-state index >= 15 is 0 Å². The van der Waals surface area contributed by atoms with Gasteiger partial charge in [-0.2, -0.15) is 0 Å². The topological polar surface area (TPSA) is 161 Å². The largest absolute Gasteiger partial charge is 2.00 e. The van der Waals surface area contributed by atoms with Crippen LogP contribution in [0.1, 0.15) is 0 Å². The molecule has 0 amide bonds.